The van der Waals surface area contributed by atoms with Crippen molar-refractivity contribution in [3.63, 3.8) is 0 Å². The van der Waals surface area contributed by atoms with Crippen LogP contribution in [0, 0.1) is 10.1 Å². The smallest absolute Gasteiger partial charge is 0.311 e. The minimum absolute atomic E-state index is 0.0217. The van der Waals surface area contributed by atoms with E-state index in [0.29, 0.717) is 0 Å². The number of carbonyl (C=O) groups excluding carboxylic acids is 1. The number of pyridine rings is 1. The number of phenolic OH excluding ortho intramolecular Hbond substituents is 1. The van der Waals surface area contributed by atoms with Crippen LogP contribution in [-0.2, 0) is 0 Å². The normalized spacial score (nSPS) is 10.6. The molecule has 1 aromatic carbocycles. The molecule has 0 aliphatic heterocycles. The van der Waals surface area contributed by atoms with Crippen molar-refractivity contribution in [3.8, 4) is 5.75 Å². The lowest BCUT2D eigenvalue weighted by molar-refractivity contribution is -0.385. The van der Waals surface area contributed by atoms with E-state index in [1.165, 1.54) is 30.5 Å². The molecule has 2 N–H and O–H groups in total. The molecule has 0 radical (unpaired) electrons. The Balaban J connectivity index is 2.14. The molecule has 0 spiro atoms. The number of benzene rings is 1. The quantitative estimate of drug-likeness (QED) is 0.387. The summed E-state index contributed by atoms with van der Waals surface area (Å²) in [5.74, 6) is -1.14. The van der Waals surface area contributed by atoms with Gasteiger partial charge in [0.15, 0.2) is 0 Å². The summed E-state index contributed by atoms with van der Waals surface area (Å²) in [5, 5.41) is 24.0. The number of halogens is 1. The van der Waals surface area contributed by atoms with Crippen LogP contribution in [0.4, 0.5) is 5.69 Å². The van der Waals surface area contributed by atoms with Gasteiger partial charge < -0.3 is 5.11 Å². The highest BCUT2D eigenvalue weighted by molar-refractivity contribution is 6.32. The minimum Gasteiger partial charge on any atom is -0.502 e. The van der Waals surface area contributed by atoms with E-state index in [9.17, 15) is 20.0 Å². The maximum absolute atomic E-state index is 11.8. The van der Waals surface area contributed by atoms with Gasteiger partial charge in [-0.05, 0) is 18.2 Å². The van der Waals surface area contributed by atoms with E-state index >= 15 is 0 Å². The van der Waals surface area contributed by atoms with E-state index < -0.39 is 22.3 Å². The van der Waals surface area contributed by atoms with Crippen molar-refractivity contribution in [1.82, 2.24) is 10.4 Å². The number of rotatable bonds is 4. The number of amides is 1. The number of aromatic nitrogens is 1. The number of hydrazone groups is 1. The van der Waals surface area contributed by atoms with E-state index in [-0.39, 0.29) is 16.3 Å². The third-order valence-corrected chi connectivity index (χ3v) is 2.92. The van der Waals surface area contributed by atoms with E-state index in [4.69, 9.17) is 11.6 Å². The minimum atomic E-state index is -0.722. The summed E-state index contributed by atoms with van der Waals surface area (Å²) in [6.45, 7) is 0. The Labute approximate surface area is 129 Å². The van der Waals surface area contributed by atoms with Gasteiger partial charge in [0.05, 0.1) is 16.7 Å². The van der Waals surface area contributed by atoms with E-state index in [1.807, 2.05) is 0 Å². The molecule has 0 fully saturated rings. The zero-order valence-corrected chi connectivity index (χ0v) is 11.7. The van der Waals surface area contributed by atoms with Crippen LogP contribution in [0.5, 0.6) is 5.75 Å². The van der Waals surface area contributed by atoms with Gasteiger partial charge in [-0.25, -0.2) is 10.4 Å². The predicted molar refractivity (Wildman–Crippen MR) is 79.1 cm³/mol. The molecule has 0 bridgehead atoms. The number of nitro benzene ring substituents is 1. The molecule has 112 valence electrons. The topological polar surface area (TPSA) is 118 Å². The Hall–Kier alpha value is -3.00. The van der Waals surface area contributed by atoms with Crippen LogP contribution in [-0.4, -0.2) is 27.1 Å². The lowest BCUT2D eigenvalue weighted by Gasteiger charge is -2.02. The lowest BCUT2D eigenvalue weighted by Crippen LogP contribution is -2.18. The summed E-state index contributed by atoms with van der Waals surface area (Å²) in [4.78, 5) is 25.5. The second-order valence-electron chi connectivity index (χ2n) is 4.01. The van der Waals surface area contributed by atoms with Crippen LogP contribution in [0.15, 0.2) is 41.6 Å². The van der Waals surface area contributed by atoms with Gasteiger partial charge in [-0.15, -0.1) is 0 Å². The summed E-state index contributed by atoms with van der Waals surface area (Å²) >= 11 is 5.76. The van der Waals surface area contributed by atoms with Crippen molar-refractivity contribution in [2.45, 2.75) is 0 Å². The first-order chi connectivity index (χ1) is 10.5. The molecule has 9 heteroatoms. The highest BCUT2D eigenvalue weighted by Crippen LogP contribution is 2.27. The standard InChI is InChI=1S/C13H9ClN4O4/c14-12-9(4-2-6-15-12)13(20)17-16-7-8-3-1-5-10(11(8)19)18(21)22/h1-7,19H,(H,17,20)/b16-7+. The maximum Gasteiger partial charge on any atom is 0.311 e. The molecule has 0 saturated heterocycles. The molecule has 2 rings (SSSR count). The molecule has 1 amide bonds. The van der Waals surface area contributed by atoms with Gasteiger partial charge >= 0.3 is 5.69 Å². The van der Waals surface area contributed by atoms with Crippen LogP contribution in [0.3, 0.4) is 0 Å². The van der Waals surface area contributed by atoms with Crippen molar-refractivity contribution >= 4 is 29.4 Å². The fraction of sp³-hybridized carbons (Fsp3) is 0. The van der Waals surface area contributed by atoms with Crippen molar-refractivity contribution in [1.29, 1.82) is 0 Å². The summed E-state index contributed by atoms with van der Waals surface area (Å²) in [7, 11) is 0. The highest BCUT2D eigenvalue weighted by Gasteiger charge is 2.15. The number of phenols is 1. The van der Waals surface area contributed by atoms with E-state index in [0.717, 1.165) is 12.3 Å². The van der Waals surface area contributed by atoms with Crippen molar-refractivity contribution in [2.24, 2.45) is 5.10 Å². The van der Waals surface area contributed by atoms with Gasteiger partial charge in [0, 0.05) is 17.8 Å². The average Bonchev–Trinajstić information content (AvgIpc) is 2.49. The first kappa shape index (κ1) is 15.4. The van der Waals surface area contributed by atoms with Gasteiger partial charge in [-0.3, -0.25) is 14.9 Å². The van der Waals surface area contributed by atoms with Gasteiger partial charge in [-0.2, -0.15) is 5.10 Å². The highest BCUT2D eigenvalue weighted by atomic mass is 35.5. The van der Waals surface area contributed by atoms with Crippen LogP contribution >= 0.6 is 11.6 Å². The second-order valence-corrected chi connectivity index (χ2v) is 4.37. The van der Waals surface area contributed by atoms with Gasteiger partial charge in [0.2, 0.25) is 5.75 Å². The summed E-state index contributed by atoms with van der Waals surface area (Å²) in [6.07, 6.45) is 2.52. The molecular formula is C13H9ClN4O4. The van der Waals surface area contributed by atoms with Crippen molar-refractivity contribution in [2.75, 3.05) is 0 Å². The first-order valence-electron chi connectivity index (χ1n) is 5.91. The third kappa shape index (κ3) is 3.36. The number of hydrogen-bond donors (Lipinski definition) is 2. The van der Waals surface area contributed by atoms with Gasteiger partial charge in [-0.1, -0.05) is 17.7 Å². The largest absolute Gasteiger partial charge is 0.502 e. The van der Waals surface area contributed by atoms with Gasteiger partial charge in [0.1, 0.15) is 5.15 Å². The lowest BCUT2D eigenvalue weighted by atomic mass is 10.2. The Morgan fingerprint density at radius 2 is 2.18 bits per heavy atom. The van der Waals surface area contributed by atoms with Crippen molar-refractivity contribution < 1.29 is 14.8 Å². The number of nitrogens with zero attached hydrogens (tertiary/aromatic N) is 3. The first-order valence-corrected chi connectivity index (χ1v) is 6.29. The Morgan fingerprint density at radius 3 is 2.86 bits per heavy atom. The van der Waals surface area contributed by atoms with Crippen molar-refractivity contribution in [3.05, 3.63) is 62.9 Å². The second kappa shape index (κ2) is 6.64. The zero-order chi connectivity index (χ0) is 16.1. The molecule has 22 heavy (non-hydrogen) atoms. The Morgan fingerprint density at radius 1 is 1.41 bits per heavy atom. The molecule has 8 nitrogen and oxygen atoms in total. The molecule has 0 unspecified atom stereocenters. The fourth-order valence-electron chi connectivity index (χ4n) is 1.58. The SMILES string of the molecule is O=C(N/N=C/c1cccc([N+](=O)[O-])c1O)c1cccnc1Cl. The molecule has 1 heterocycles. The molecule has 1 aromatic heterocycles. The molecule has 0 aliphatic carbocycles. The van der Waals surface area contributed by atoms with Crippen LogP contribution in [0.25, 0.3) is 0 Å². The maximum atomic E-state index is 11.8. The predicted octanol–water partition coefficient (Wildman–Crippen LogP) is 2.11. The third-order valence-electron chi connectivity index (χ3n) is 2.62. The number of aromatic hydroxyl groups is 1. The molecule has 2 aromatic rings. The summed E-state index contributed by atoms with van der Waals surface area (Å²) in [5.41, 5.74) is 1.95. The van der Waals surface area contributed by atoms with E-state index in [2.05, 4.69) is 15.5 Å². The van der Waals surface area contributed by atoms with Crippen LogP contribution < -0.4 is 5.43 Å². The number of nitrogens with one attached hydrogen (secondary N) is 1. The number of para-hydroxylation sites is 1. The van der Waals surface area contributed by atoms with E-state index in [1.54, 1.807) is 0 Å². The Kier molecular flexibility index (Phi) is 4.64. The molecule has 0 saturated carbocycles. The average molecular weight is 321 g/mol. The summed E-state index contributed by atoms with van der Waals surface area (Å²) in [6, 6.07) is 6.95. The number of hydrogen-bond acceptors (Lipinski definition) is 6. The zero-order valence-electron chi connectivity index (χ0n) is 10.9. The number of nitro groups is 1. The van der Waals surface area contributed by atoms with Gasteiger partial charge in [0.25, 0.3) is 5.91 Å². The molecule has 0 aliphatic rings. The molecular weight excluding hydrogens is 312 g/mol. The monoisotopic (exact) mass is 320 g/mol. The Bertz CT molecular complexity index is 763. The summed E-state index contributed by atoms with van der Waals surface area (Å²) < 4.78 is 0. The number of carbonyl (C=O) groups is 1. The van der Waals surface area contributed by atoms with Crippen LogP contribution in [0.2, 0.25) is 5.15 Å². The fourth-order valence-corrected chi connectivity index (χ4v) is 1.78. The van der Waals surface area contributed by atoms with Crippen LogP contribution in [0.1, 0.15) is 15.9 Å². The molecule has 0 atom stereocenters.